The molecule has 2 fully saturated rings. The molecule has 1 aliphatic carbocycles. The lowest BCUT2D eigenvalue weighted by atomic mass is 9.91. The van der Waals surface area contributed by atoms with E-state index in [1.54, 1.807) is 0 Å². The van der Waals surface area contributed by atoms with Crippen molar-refractivity contribution in [3.8, 4) is 0 Å². The van der Waals surface area contributed by atoms with E-state index >= 15 is 0 Å². The Morgan fingerprint density at radius 1 is 1.38 bits per heavy atom. The highest BCUT2D eigenvalue weighted by Crippen LogP contribution is 2.43. The van der Waals surface area contributed by atoms with Gasteiger partial charge in [-0.3, -0.25) is 4.90 Å². The van der Waals surface area contributed by atoms with Crippen molar-refractivity contribution in [2.45, 2.75) is 37.9 Å². The average Bonchev–Trinajstić information content (AvgIpc) is 2.98. The second-order valence-electron chi connectivity index (χ2n) is 5.16. The van der Waals surface area contributed by atoms with Crippen LogP contribution in [0.3, 0.4) is 0 Å². The van der Waals surface area contributed by atoms with Crippen molar-refractivity contribution in [1.82, 2.24) is 10.2 Å². The molecule has 2 aliphatic rings. The van der Waals surface area contributed by atoms with E-state index in [1.165, 1.54) is 12.8 Å². The van der Waals surface area contributed by atoms with Crippen LogP contribution in [0.2, 0.25) is 0 Å². The number of nitrogens with zero attached hydrogens (tertiary/aromatic N) is 1. The number of halogens is 3. The molecule has 5 heteroatoms. The molecule has 0 spiro atoms. The molecule has 2 rings (SSSR count). The van der Waals surface area contributed by atoms with Crippen LogP contribution in [0.5, 0.6) is 0 Å². The minimum absolute atomic E-state index is 0.0521. The normalized spacial score (nSPS) is 33.0. The summed E-state index contributed by atoms with van der Waals surface area (Å²) in [7, 11) is 0. The van der Waals surface area contributed by atoms with Gasteiger partial charge in [-0.2, -0.15) is 13.2 Å². The highest BCUT2D eigenvalue weighted by atomic mass is 19.4. The molecule has 0 aromatic heterocycles. The van der Waals surface area contributed by atoms with E-state index in [-0.39, 0.29) is 12.1 Å². The third kappa shape index (κ3) is 2.69. The summed E-state index contributed by atoms with van der Waals surface area (Å²) < 4.78 is 36.7. The fourth-order valence-electron chi connectivity index (χ4n) is 2.66. The fourth-order valence-corrected chi connectivity index (χ4v) is 2.66. The smallest absolute Gasteiger partial charge is 0.314 e. The lowest BCUT2D eigenvalue weighted by Crippen LogP contribution is -2.61. The van der Waals surface area contributed by atoms with Crippen LogP contribution in [0, 0.1) is 5.92 Å². The third-order valence-corrected chi connectivity index (χ3v) is 3.89. The number of hydrogen-bond acceptors (Lipinski definition) is 2. The Morgan fingerprint density at radius 3 is 2.62 bits per heavy atom. The van der Waals surface area contributed by atoms with E-state index in [0.717, 1.165) is 19.6 Å². The third-order valence-electron chi connectivity index (χ3n) is 3.89. The first-order valence-electron chi connectivity index (χ1n) is 5.94. The molecule has 1 heterocycles. The summed E-state index contributed by atoms with van der Waals surface area (Å²) in [4.78, 5) is 2.04. The first kappa shape index (κ1) is 12.2. The van der Waals surface area contributed by atoms with Gasteiger partial charge in [0.25, 0.3) is 0 Å². The van der Waals surface area contributed by atoms with Crippen LogP contribution in [0.4, 0.5) is 13.2 Å². The van der Waals surface area contributed by atoms with Gasteiger partial charge >= 0.3 is 6.18 Å². The van der Waals surface area contributed by atoms with E-state index in [9.17, 15) is 13.2 Å². The second kappa shape index (κ2) is 4.18. The van der Waals surface area contributed by atoms with Gasteiger partial charge in [-0.1, -0.05) is 0 Å². The predicted octanol–water partition coefficient (Wildman–Crippen LogP) is 2.01. The maximum atomic E-state index is 12.2. The quantitative estimate of drug-likeness (QED) is 0.806. The summed E-state index contributed by atoms with van der Waals surface area (Å²) in [5, 5.41) is 3.30. The van der Waals surface area contributed by atoms with Crippen molar-refractivity contribution in [2.75, 3.05) is 26.2 Å². The minimum Gasteiger partial charge on any atom is -0.314 e. The first-order valence-corrected chi connectivity index (χ1v) is 5.94. The van der Waals surface area contributed by atoms with Gasteiger partial charge < -0.3 is 5.32 Å². The molecule has 1 unspecified atom stereocenters. The molecule has 0 radical (unpaired) electrons. The summed E-state index contributed by atoms with van der Waals surface area (Å²) in [6.07, 6.45) is -2.38. The second-order valence-corrected chi connectivity index (χ2v) is 5.16. The summed E-state index contributed by atoms with van der Waals surface area (Å²) in [5.74, 6) is 0.591. The standard InChI is InChI=1S/C11H19F3N2/c1-10(9-2-3-9)8-15-5-7-16(10)6-4-11(12,13)14/h9,15H,2-8H2,1H3. The molecule has 0 bridgehead atoms. The van der Waals surface area contributed by atoms with Gasteiger partial charge in [0.05, 0.1) is 6.42 Å². The van der Waals surface area contributed by atoms with Crippen LogP contribution in [0.1, 0.15) is 26.2 Å². The molecule has 1 saturated carbocycles. The zero-order valence-corrected chi connectivity index (χ0v) is 9.61. The molecule has 0 aromatic carbocycles. The molecule has 16 heavy (non-hydrogen) atoms. The van der Waals surface area contributed by atoms with Crippen LogP contribution >= 0.6 is 0 Å². The van der Waals surface area contributed by atoms with Crippen molar-refractivity contribution in [2.24, 2.45) is 5.92 Å². The number of rotatable bonds is 3. The predicted molar refractivity (Wildman–Crippen MR) is 56.2 cm³/mol. The Hall–Kier alpha value is -0.290. The molecule has 0 amide bonds. The van der Waals surface area contributed by atoms with Gasteiger partial charge in [-0.15, -0.1) is 0 Å². The molecule has 2 nitrogen and oxygen atoms in total. The molecular weight excluding hydrogens is 217 g/mol. The van der Waals surface area contributed by atoms with E-state index in [4.69, 9.17) is 0 Å². The highest BCUT2D eigenvalue weighted by Gasteiger charge is 2.47. The van der Waals surface area contributed by atoms with Gasteiger partial charge in [0.1, 0.15) is 0 Å². The number of hydrogen-bond donors (Lipinski definition) is 1. The van der Waals surface area contributed by atoms with Gasteiger partial charge in [-0.05, 0) is 25.7 Å². The van der Waals surface area contributed by atoms with Crippen molar-refractivity contribution in [3.63, 3.8) is 0 Å². The maximum absolute atomic E-state index is 12.2. The zero-order chi connectivity index (χ0) is 11.8. The van der Waals surface area contributed by atoms with Crippen LogP contribution in [-0.4, -0.2) is 42.8 Å². The van der Waals surface area contributed by atoms with Gasteiger partial charge in [0.2, 0.25) is 0 Å². The monoisotopic (exact) mass is 236 g/mol. The maximum Gasteiger partial charge on any atom is 0.390 e. The topological polar surface area (TPSA) is 15.3 Å². The van der Waals surface area contributed by atoms with Crippen molar-refractivity contribution < 1.29 is 13.2 Å². The number of piperazine rings is 1. The van der Waals surface area contributed by atoms with Crippen molar-refractivity contribution >= 4 is 0 Å². The lowest BCUT2D eigenvalue weighted by molar-refractivity contribution is -0.142. The van der Waals surface area contributed by atoms with E-state index in [2.05, 4.69) is 12.2 Å². The Balaban J connectivity index is 1.94. The van der Waals surface area contributed by atoms with Gasteiger partial charge in [-0.25, -0.2) is 0 Å². The summed E-state index contributed by atoms with van der Waals surface area (Å²) >= 11 is 0. The van der Waals surface area contributed by atoms with E-state index in [0.29, 0.717) is 5.92 Å². The van der Waals surface area contributed by atoms with Crippen molar-refractivity contribution in [3.05, 3.63) is 0 Å². The Bertz CT molecular complexity index is 250. The number of nitrogens with one attached hydrogen (secondary N) is 1. The van der Waals surface area contributed by atoms with E-state index < -0.39 is 12.6 Å². The molecule has 1 saturated heterocycles. The summed E-state index contributed by atoms with van der Waals surface area (Å²) in [6, 6.07) is 0. The molecule has 1 atom stereocenters. The van der Waals surface area contributed by atoms with Gasteiger partial charge in [0.15, 0.2) is 0 Å². The van der Waals surface area contributed by atoms with Crippen molar-refractivity contribution in [1.29, 1.82) is 0 Å². The minimum atomic E-state index is -4.03. The van der Waals surface area contributed by atoms with E-state index in [1.807, 2.05) is 4.90 Å². The summed E-state index contributed by atoms with van der Waals surface area (Å²) in [5.41, 5.74) is -0.0521. The number of alkyl halides is 3. The van der Waals surface area contributed by atoms with Crippen LogP contribution in [0.25, 0.3) is 0 Å². The average molecular weight is 236 g/mol. The van der Waals surface area contributed by atoms with Gasteiger partial charge in [0, 0.05) is 31.7 Å². The Morgan fingerprint density at radius 2 is 2.06 bits per heavy atom. The fraction of sp³-hybridized carbons (Fsp3) is 1.00. The Kier molecular flexibility index (Phi) is 3.18. The molecule has 1 aliphatic heterocycles. The molecular formula is C11H19F3N2. The largest absolute Gasteiger partial charge is 0.390 e. The SMILES string of the molecule is CC1(C2CC2)CNCCN1CCC(F)(F)F. The molecule has 1 N–H and O–H groups in total. The van der Waals surface area contributed by atoms with Crippen LogP contribution in [0.15, 0.2) is 0 Å². The van der Waals surface area contributed by atoms with Crippen LogP contribution < -0.4 is 5.32 Å². The molecule has 0 aromatic rings. The van der Waals surface area contributed by atoms with Crippen LogP contribution in [-0.2, 0) is 0 Å². The highest BCUT2D eigenvalue weighted by molar-refractivity contribution is 5.03. The zero-order valence-electron chi connectivity index (χ0n) is 9.61. The lowest BCUT2D eigenvalue weighted by Gasteiger charge is -2.46. The Labute approximate surface area is 94.2 Å². The first-order chi connectivity index (χ1) is 7.42. The summed E-state index contributed by atoms with van der Waals surface area (Å²) in [6.45, 7) is 4.63. The molecule has 94 valence electrons.